The predicted octanol–water partition coefficient (Wildman–Crippen LogP) is 3.10. The first-order valence-electron chi connectivity index (χ1n) is 9.05. The molecule has 1 unspecified atom stereocenters. The Labute approximate surface area is 169 Å². The molecule has 0 fully saturated rings. The minimum Gasteiger partial charge on any atom is -0.317 e. The van der Waals surface area contributed by atoms with Gasteiger partial charge in [0.05, 0.1) is 17.4 Å². The third-order valence-electron chi connectivity index (χ3n) is 4.47. The van der Waals surface area contributed by atoms with E-state index in [4.69, 9.17) is 4.52 Å². The number of imidazole rings is 1. The molecule has 3 aromatic heterocycles. The minimum atomic E-state index is -1.01. The largest absolute Gasteiger partial charge is 0.340 e. The van der Waals surface area contributed by atoms with Crippen molar-refractivity contribution in [2.24, 2.45) is 5.92 Å². The van der Waals surface area contributed by atoms with Crippen LogP contribution in [-0.4, -0.2) is 30.6 Å². The summed E-state index contributed by atoms with van der Waals surface area (Å²) in [6.45, 7) is 3.65. The molecular formula is C19H17F2N7O2. The van der Waals surface area contributed by atoms with Crippen LogP contribution in [0.25, 0.3) is 22.4 Å². The number of halogens is 2. The highest BCUT2D eigenvalue weighted by Gasteiger charge is 2.26. The Kier molecular flexibility index (Phi) is 5.09. The van der Waals surface area contributed by atoms with Crippen LogP contribution < -0.4 is 10.9 Å². The fourth-order valence-electron chi connectivity index (χ4n) is 3.08. The number of rotatable bonds is 6. The highest BCUT2D eigenvalue weighted by molar-refractivity contribution is 5.84. The zero-order valence-electron chi connectivity index (χ0n) is 16.0. The van der Waals surface area contributed by atoms with Crippen molar-refractivity contribution < 1.29 is 18.1 Å². The van der Waals surface area contributed by atoms with Crippen LogP contribution in [0, 0.1) is 17.6 Å². The molecule has 2 N–H and O–H groups in total. The Hall–Kier alpha value is -3.89. The molecule has 0 saturated carbocycles. The smallest absolute Gasteiger partial charge is 0.317 e. The molecule has 0 aliphatic heterocycles. The van der Waals surface area contributed by atoms with E-state index < -0.39 is 23.6 Å². The zero-order chi connectivity index (χ0) is 21.3. The molecule has 1 aromatic carbocycles. The number of aromatic nitrogens is 5. The van der Waals surface area contributed by atoms with Crippen molar-refractivity contribution in [3.8, 4) is 11.4 Å². The Balaban J connectivity index is 1.53. The van der Waals surface area contributed by atoms with E-state index in [1.165, 1.54) is 10.9 Å². The molecule has 1 amide bonds. The number of nitrogens with zero attached hydrogens (tertiary/aromatic N) is 5. The first kappa shape index (κ1) is 19.4. The van der Waals surface area contributed by atoms with Gasteiger partial charge in [-0.2, -0.15) is 4.98 Å². The summed E-state index contributed by atoms with van der Waals surface area (Å²) in [6, 6.07) is 4.68. The molecule has 4 rings (SSSR count). The number of carbonyl (C=O) groups excluding carboxylic acids is 1. The number of nitrogens with one attached hydrogen (secondary N) is 2. The first-order chi connectivity index (χ1) is 14.4. The molecule has 4 aromatic rings. The fraction of sp³-hybridized carbons (Fsp3) is 0.211. The van der Waals surface area contributed by atoms with Crippen molar-refractivity contribution >= 4 is 23.0 Å². The normalized spacial score (nSPS) is 12.3. The summed E-state index contributed by atoms with van der Waals surface area (Å²) in [5.41, 5.74) is 6.34. The molecule has 1 atom stereocenters. The Morgan fingerprint density at radius 1 is 1.17 bits per heavy atom. The van der Waals surface area contributed by atoms with Gasteiger partial charge in [-0.05, 0) is 18.1 Å². The Morgan fingerprint density at radius 3 is 2.63 bits per heavy atom. The minimum absolute atomic E-state index is 0.0127. The maximum absolute atomic E-state index is 13.7. The van der Waals surface area contributed by atoms with Crippen LogP contribution in [0.2, 0.25) is 0 Å². The Morgan fingerprint density at radius 2 is 1.90 bits per heavy atom. The SMILES string of the molecule is CC(C)C(C(=O)NNc1nc(-c2ccncc2)no1)n1cnc2cc(F)c(F)cc21. The lowest BCUT2D eigenvalue weighted by molar-refractivity contribution is -0.125. The molecule has 9 nitrogen and oxygen atoms in total. The van der Waals surface area contributed by atoms with Crippen molar-refractivity contribution in [1.29, 1.82) is 0 Å². The number of hydrazine groups is 1. The van der Waals surface area contributed by atoms with Crippen LogP contribution in [0.4, 0.5) is 14.8 Å². The maximum atomic E-state index is 13.7. The van der Waals surface area contributed by atoms with Crippen molar-refractivity contribution in [3.63, 3.8) is 0 Å². The van der Waals surface area contributed by atoms with E-state index in [1.54, 1.807) is 24.5 Å². The summed E-state index contributed by atoms with van der Waals surface area (Å²) < 4.78 is 33.8. The van der Waals surface area contributed by atoms with Crippen molar-refractivity contribution in [3.05, 3.63) is 54.6 Å². The monoisotopic (exact) mass is 413 g/mol. The van der Waals surface area contributed by atoms with Crippen molar-refractivity contribution in [2.45, 2.75) is 19.9 Å². The number of carbonyl (C=O) groups is 1. The Bertz CT molecular complexity index is 1190. The summed E-state index contributed by atoms with van der Waals surface area (Å²) in [5, 5.41) is 3.83. The van der Waals surface area contributed by atoms with Gasteiger partial charge in [0, 0.05) is 30.1 Å². The van der Waals surface area contributed by atoms with E-state index in [9.17, 15) is 13.6 Å². The van der Waals surface area contributed by atoms with Crippen LogP contribution >= 0.6 is 0 Å². The quantitative estimate of drug-likeness (QED) is 0.467. The third-order valence-corrected chi connectivity index (χ3v) is 4.47. The summed E-state index contributed by atoms with van der Waals surface area (Å²) >= 11 is 0. The van der Waals surface area contributed by atoms with E-state index in [1.807, 2.05) is 13.8 Å². The van der Waals surface area contributed by atoms with Crippen LogP contribution in [0.3, 0.4) is 0 Å². The van der Waals surface area contributed by atoms with E-state index >= 15 is 0 Å². The summed E-state index contributed by atoms with van der Waals surface area (Å²) in [6.07, 6.45) is 4.57. The standard InChI is InChI=1S/C19H17F2N7O2/c1-10(2)16(28-9-23-14-7-12(20)13(21)8-15(14)28)18(29)25-26-19-24-17(27-30-19)11-3-5-22-6-4-11/h3-10,16H,1-2H3,(H,25,29)(H,24,26,27). The van der Waals surface area contributed by atoms with Gasteiger partial charge in [-0.1, -0.05) is 19.0 Å². The number of fused-ring (bicyclic) bond motifs is 1. The van der Waals surface area contributed by atoms with E-state index in [0.717, 1.165) is 12.1 Å². The van der Waals surface area contributed by atoms with Crippen molar-refractivity contribution in [2.75, 3.05) is 5.43 Å². The average Bonchev–Trinajstić information content (AvgIpc) is 3.35. The summed E-state index contributed by atoms with van der Waals surface area (Å²) in [5.74, 6) is -2.32. The highest BCUT2D eigenvalue weighted by Crippen LogP contribution is 2.25. The molecule has 0 aliphatic rings. The second kappa shape index (κ2) is 7.85. The van der Waals surface area contributed by atoms with Crippen molar-refractivity contribution in [1.82, 2.24) is 30.1 Å². The second-order valence-electron chi connectivity index (χ2n) is 6.87. The number of hydrogen-bond acceptors (Lipinski definition) is 7. The number of hydrogen-bond donors (Lipinski definition) is 2. The molecule has 0 spiro atoms. The molecule has 0 aliphatic carbocycles. The van der Waals surface area contributed by atoms with Crippen LogP contribution in [0.15, 0.2) is 47.5 Å². The zero-order valence-corrected chi connectivity index (χ0v) is 16.0. The molecule has 0 bridgehead atoms. The van der Waals surface area contributed by atoms with Gasteiger partial charge in [0.2, 0.25) is 5.82 Å². The molecular weight excluding hydrogens is 396 g/mol. The van der Waals surface area contributed by atoms with Gasteiger partial charge in [-0.3, -0.25) is 15.2 Å². The molecule has 3 heterocycles. The van der Waals surface area contributed by atoms with Crippen LogP contribution in [0.1, 0.15) is 19.9 Å². The maximum Gasteiger partial charge on any atom is 0.340 e. The highest BCUT2D eigenvalue weighted by atomic mass is 19.2. The summed E-state index contributed by atoms with van der Waals surface area (Å²) in [7, 11) is 0. The van der Waals surface area contributed by atoms with Gasteiger partial charge in [-0.15, -0.1) is 0 Å². The predicted molar refractivity (Wildman–Crippen MR) is 103 cm³/mol. The van der Waals surface area contributed by atoms with Crippen LogP contribution in [-0.2, 0) is 4.79 Å². The van der Waals surface area contributed by atoms with E-state index in [2.05, 4.69) is 31.0 Å². The summed E-state index contributed by atoms with van der Waals surface area (Å²) in [4.78, 5) is 25.0. The van der Waals surface area contributed by atoms with E-state index in [0.29, 0.717) is 16.9 Å². The lowest BCUT2D eigenvalue weighted by atomic mass is 10.0. The van der Waals surface area contributed by atoms with Gasteiger partial charge in [-0.25, -0.2) is 19.2 Å². The first-order valence-corrected chi connectivity index (χ1v) is 9.05. The lowest BCUT2D eigenvalue weighted by Crippen LogP contribution is -2.38. The third kappa shape index (κ3) is 3.69. The van der Waals surface area contributed by atoms with Gasteiger partial charge >= 0.3 is 6.01 Å². The second-order valence-corrected chi connectivity index (χ2v) is 6.87. The molecule has 11 heteroatoms. The van der Waals surface area contributed by atoms with Crippen LogP contribution in [0.5, 0.6) is 0 Å². The molecule has 0 radical (unpaired) electrons. The van der Waals surface area contributed by atoms with Gasteiger partial charge in [0.15, 0.2) is 11.6 Å². The molecule has 0 saturated heterocycles. The molecule has 154 valence electrons. The fourth-order valence-corrected chi connectivity index (χ4v) is 3.08. The average molecular weight is 413 g/mol. The van der Waals surface area contributed by atoms with Gasteiger partial charge in [0.1, 0.15) is 6.04 Å². The van der Waals surface area contributed by atoms with E-state index in [-0.39, 0.29) is 17.4 Å². The molecule has 30 heavy (non-hydrogen) atoms. The van der Waals surface area contributed by atoms with Gasteiger partial charge in [0.25, 0.3) is 5.91 Å². The van der Waals surface area contributed by atoms with Gasteiger partial charge < -0.3 is 9.09 Å². The number of pyridine rings is 1. The lowest BCUT2D eigenvalue weighted by Gasteiger charge is -2.22. The number of anilines is 1. The number of benzene rings is 1. The number of amides is 1. The topological polar surface area (TPSA) is 111 Å².